The number of nitrogens with zero attached hydrogens (tertiary/aromatic N) is 2. The van der Waals surface area contributed by atoms with Crippen LogP contribution in [0.1, 0.15) is 0 Å². The third-order valence-electron chi connectivity index (χ3n) is 2.60. The first-order valence-electron chi connectivity index (χ1n) is 5.41. The van der Waals surface area contributed by atoms with E-state index in [0.29, 0.717) is 41.2 Å². The first-order chi connectivity index (χ1) is 8.75. The highest BCUT2D eigenvalue weighted by atomic mass is 35.5. The van der Waals surface area contributed by atoms with Gasteiger partial charge in [-0.25, -0.2) is 4.98 Å². The molecule has 6 heteroatoms. The van der Waals surface area contributed by atoms with Crippen LogP contribution in [0.15, 0.2) is 24.5 Å². The molecule has 3 rings (SSSR count). The van der Waals surface area contributed by atoms with Crippen molar-refractivity contribution in [3.8, 4) is 22.8 Å². The van der Waals surface area contributed by atoms with E-state index < -0.39 is 0 Å². The number of hydrogen-bond donors (Lipinski definition) is 1. The highest BCUT2D eigenvalue weighted by molar-refractivity contribution is 6.32. The van der Waals surface area contributed by atoms with Crippen molar-refractivity contribution in [2.75, 3.05) is 18.9 Å². The van der Waals surface area contributed by atoms with Gasteiger partial charge in [-0.15, -0.1) is 0 Å². The largest absolute Gasteiger partial charge is 0.486 e. The molecule has 2 N–H and O–H groups in total. The van der Waals surface area contributed by atoms with E-state index in [2.05, 4.69) is 9.97 Å². The van der Waals surface area contributed by atoms with Crippen molar-refractivity contribution in [1.82, 2.24) is 9.97 Å². The van der Waals surface area contributed by atoms with Crippen molar-refractivity contribution in [3.63, 3.8) is 0 Å². The van der Waals surface area contributed by atoms with Gasteiger partial charge in [0.05, 0.1) is 5.02 Å². The third kappa shape index (κ3) is 1.82. The molecule has 1 aromatic heterocycles. The maximum absolute atomic E-state index is 6.16. The number of anilines is 1. The minimum absolute atomic E-state index is 0.352. The highest BCUT2D eigenvalue weighted by Crippen LogP contribution is 2.41. The molecule has 0 unspecified atom stereocenters. The van der Waals surface area contributed by atoms with Gasteiger partial charge in [0.2, 0.25) is 0 Å². The lowest BCUT2D eigenvalue weighted by atomic mass is 10.1. The number of benzene rings is 1. The Kier molecular flexibility index (Phi) is 2.68. The summed E-state index contributed by atoms with van der Waals surface area (Å²) >= 11 is 6.16. The van der Waals surface area contributed by atoms with Crippen molar-refractivity contribution in [2.24, 2.45) is 0 Å². The topological polar surface area (TPSA) is 70.3 Å². The third-order valence-corrected chi connectivity index (χ3v) is 2.88. The van der Waals surface area contributed by atoms with Crippen molar-refractivity contribution >= 4 is 17.4 Å². The molecule has 5 nitrogen and oxygen atoms in total. The molecule has 2 heterocycles. The SMILES string of the molecule is Nc1nccnc1-c1cc(Cl)c2c(c1)OCCO2. The monoisotopic (exact) mass is 263 g/mol. The molecular weight excluding hydrogens is 254 g/mol. The maximum atomic E-state index is 6.16. The molecule has 0 radical (unpaired) electrons. The average molecular weight is 264 g/mol. The zero-order valence-electron chi connectivity index (χ0n) is 9.39. The molecule has 0 bridgehead atoms. The lowest BCUT2D eigenvalue weighted by Crippen LogP contribution is -2.15. The van der Waals surface area contributed by atoms with Gasteiger partial charge < -0.3 is 15.2 Å². The van der Waals surface area contributed by atoms with Crippen LogP contribution in [-0.4, -0.2) is 23.2 Å². The molecule has 1 aromatic carbocycles. The molecule has 0 fully saturated rings. The van der Waals surface area contributed by atoms with Crippen LogP contribution in [0.2, 0.25) is 5.02 Å². The van der Waals surface area contributed by atoms with Gasteiger partial charge in [-0.05, 0) is 12.1 Å². The number of hydrogen-bond acceptors (Lipinski definition) is 5. The second-order valence-electron chi connectivity index (χ2n) is 3.77. The fraction of sp³-hybridized carbons (Fsp3) is 0.167. The standard InChI is InChI=1S/C12H10ClN3O2/c13-8-5-7(10-12(14)16-2-1-15-10)6-9-11(8)18-4-3-17-9/h1-2,5-6H,3-4H2,(H2,14,16). The van der Waals surface area contributed by atoms with E-state index >= 15 is 0 Å². The fourth-order valence-electron chi connectivity index (χ4n) is 1.82. The van der Waals surface area contributed by atoms with Crippen molar-refractivity contribution < 1.29 is 9.47 Å². The minimum atomic E-state index is 0.352. The molecule has 2 aromatic rings. The molecule has 0 amide bonds. The van der Waals surface area contributed by atoms with Gasteiger partial charge in [-0.2, -0.15) is 0 Å². The summed E-state index contributed by atoms with van der Waals surface area (Å²) in [6, 6.07) is 3.55. The number of halogens is 1. The zero-order valence-corrected chi connectivity index (χ0v) is 10.1. The number of rotatable bonds is 1. The van der Waals surface area contributed by atoms with E-state index in [1.54, 1.807) is 24.5 Å². The molecule has 0 spiro atoms. The van der Waals surface area contributed by atoms with Crippen molar-refractivity contribution in [2.45, 2.75) is 0 Å². The summed E-state index contributed by atoms with van der Waals surface area (Å²) in [5.41, 5.74) is 7.13. The Morgan fingerprint density at radius 2 is 1.89 bits per heavy atom. The van der Waals surface area contributed by atoms with E-state index in [0.717, 1.165) is 5.56 Å². The van der Waals surface area contributed by atoms with Crippen LogP contribution in [0, 0.1) is 0 Å². The first-order valence-corrected chi connectivity index (χ1v) is 5.79. The molecule has 1 aliphatic heterocycles. The molecule has 18 heavy (non-hydrogen) atoms. The Morgan fingerprint density at radius 3 is 2.72 bits per heavy atom. The second-order valence-corrected chi connectivity index (χ2v) is 4.18. The molecule has 1 aliphatic rings. The smallest absolute Gasteiger partial charge is 0.179 e. The van der Waals surface area contributed by atoms with Crippen LogP contribution in [0.3, 0.4) is 0 Å². The van der Waals surface area contributed by atoms with E-state index in [4.69, 9.17) is 26.8 Å². The quantitative estimate of drug-likeness (QED) is 0.854. The number of ether oxygens (including phenoxy) is 2. The Morgan fingerprint density at radius 1 is 1.11 bits per heavy atom. The Labute approximate surface area is 109 Å². The Balaban J connectivity index is 2.14. The summed E-state index contributed by atoms with van der Waals surface area (Å²) in [5.74, 6) is 1.52. The maximum Gasteiger partial charge on any atom is 0.179 e. The van der Waals surface area contributed by atoms with Gasteiger partial charge in [0, 0.05) is 18.0 Å². The van der Waals surface area contributed by atoms with E-state index in [9.17, 15) is 0 Å². The number of fused-ring (bicyclic) bond motifs is 1. The van der Waals surface area contributed by atoms with Gasteiger partial charge in [0.15, 0.2) is 11.5 Å². The lowest BCUT2D eigenvalue weighted by molar-refractivity contribution is 0.172. The van der Waals surface area contributed by atoms with Gasteiger partial charge in [-0.1, -0.05) is 11.6 Å². The zero-order chi connectivity index (χ0) is 12.5. The van der Waals surface area contributed by atoms with Crippen LogP contribution in [0.25, 0.3) is 11.3 Å². The molecular formula is C12H10ClN3O2. The van der Waals surface area contributed by atoms with Crippen LogP contribution in [0.5, 0.6) is 11.5 Å². The summed E-state index contributed by atoms with van der Waals surface area (Å²) in [4.78, 5) is 8.19. The number of nitrogen functional groups attached to an aromatic ring is 1. The lowest BCUT2D eigenvalue weighted by Gasteiger charge is -2.20. The predicted octanol–water partition coefficient (Wildman–Crippen LogP) is 2.15. The van der Waals surface area contributed by atoms with Gasteiger partial charge >= 0.3 is 0 Å². The van der Waals surface area contributed by atoms with Gasteiger partial charge in [-0.3, -0.25) is 4.98 Å². The van der Waals surface area contributed by atoms with Gasteiger partial charge in [0.1, 0.15) is 24.7 Å². The van der Waals surface area contributed by atoms with Crippen molar-refractivity contribution in [1.29, 1.82) is 0 Å². The molecule has 0 saturated heterocycles. The van der Waals surface area contributed by atoms with E-state index in [1.807, 2.05) is 0 Å². The summed E-state index contributed by atoms with van der Waals surface area (Å²) in [5, 5.41) is 0.479. The van der Waals surface area contributed by atoms with Crippen LogP contribution < -0.4 is 15.2 Å². The van der Waals surface area contributed by atoms with Crippen LogP contribution in [-0.2, 0) is 0 Å². The minimum Gasteiger partial charge on any atom is -0.486 e. The Hall–Kier alpha value is -2.01. The number of nitrogens with two attached hydrogens (primary N) is 1. The Bertz CT molecular complexity index is 604. The molecule has 0 aliphatic carbocycles. The van der Waals surface area contributed by atoms with Crippen molar-refractivity contribution in [3.05, 3.63) is 29.5 Å². The van der Waals surface area contributed by atoms with E-state index in [-0.39, 0.29) is 0 Å². The fourth-order valence-corrected chi connectivity index (χ4v) is 2.08. The summed E-state index contributed by atoms with van der Waals surface area (Å²) in [6.45, 7) is 1.00. The summed E-state index contributed by atoms with van der Waals surface area (Å²) in [7, 11) is 0. The second kappa shape index (κ2) is 4.34. The summed E-state index contributed by atoms with van der Waals surface area (Å²) in [6.07, 6.45) is 3.12. The first kappa shape index (κ1) is 11.1. The molecule has 0 atom stereocenters. The van der Waals surface area contributed by atoms with Crippen LogP contribution >= 0.6 is 11.6 Å². The highest BCUT2D eigenvalue weighted by Gasteiger charge is 2.18. The summed E-state index contributed by atoms with van der Waals surface area (Å²) < 4.78 is 11.0. The average Bonchev–Trinajstić information content (AvgIpc) is 2.39. The molecule has 0 saturated carbocycles. The van der Waals surface area contributed by atoms with E-state index in [1.165, 1.54) is 0 Å². The number of aromatic nitrogens is 2. The molecule has 92 valence electrons. The predicted molar refractivity (Wildman–Crippen MR) is 67.9 cm³/mol. The normalized spacial score (nSPS) is 13.4. The van der Waals surface area contributed by atoms with Gasteiger partial charge in [0.25, 0.3) is 0 Å². The van der Waals surface area contributed by atoms with Crippen LogP contribution in [0.4, 0.5) is 5.82 Å².